The van der Waals surface area contributed by atoms with E-state index in [1.807, 2.05) is 6.92 Å². The number of hydrogen-bond acceptors (Lipinski definition) is 4. The van der Waals surface area contributed by atoms with Crippen molar-refractivity contribution in [2.75, 3.05) is 19.8 Å². The van der Waals surface area contributed by atoms with E-state index in [1.54, 1.807) is 0 Å². The molecule has 1 saturated heterocycles. The van der Waals surface area contributed by atoms with Gasteiger partial charge in [0.25, 0.3) is 0 Å². The molecule has 1 fully saturated rings. The normalized spacial score (nSPS) is 20.7. The molecule has 21 heavy (non-hydrogen) atoms. The number of halogens is 2. The molecule has 0 radical (unpaired) electrons. The molecule has 1 atom stereocenters. The Kier molecular flexibility index (Phi) is 5.21. The monoisotopic (exact) mass is 336 g/mol. The molecule has 0 saturated carbocycles. The largest absolute Gasteiger partial charge is 0.378 e. The second kappa shape index (κ2) is 6.58. The standard InChI is InChI=1S/C13H18ClFN2O3S/c1-2-10-8-20-4-3-17(10)21(18,19)11-5-9(7-16)13(14)12(15)6-11/h5-6,10H,2-4,7-8,16H2,1H3. The van der Waals surface area contributed by atoms with Crippen molar-refractivity contribution in [3.8, 4) is 0 Å². The Labute approximate surface area is 128 Å². The number of sulfonamides is 1. The van der Waals surface area contributed by atoms with E-state index in [4.69, 9.17) is 22.1 Å². The first-order valence-corrected chi connectivity index (χ1v) is 8.51. The molecule has 118 valence electrons. The Morgan fingerprint density at radius 1 is 1.52 bits per heavy atom. The molecule has 2 rings (SSSR count). The average molecular weight is 337 g/mol. The molecule has 1 unspecified atom stereocenters. The lowest BCUT2D eigenvalue weighted by atomic mass is 10.2. The topological polar surface area (TPSA) is 72.6 Å². The van der Waals surface area contributed by atoms with Crippen molar-refractivity contribution in [3.63, 3.8) is 0 Å². The number of morpholine rings is 1. The van der Waals surface area contributed by atoms with E-state index in [0.717, 1.165) is 6.07 Å². The highest BCUT2D eigenvalue weighted by Crippen LogP contribution is 2.28. The maximum atomic E-state index is 13.8. The van der Waals surface area contributed by atoms with Crippen LogP contribution in [0.4, 0.5) is 4.39 Å². The van der Waals surface area contributed by atoms with E-state index in [2.05, 4.69) is 0 Å². The third kappa shape index (κ3) is 3.22. The van der Waals surface area contributed by atoms with Crippen LogP contribution in [0, 0.1) is 5.82 Å². The smallest absolute Gasteiger partial charge is 0.243 e. The third-order valence-corrected chi connectivity index (χ3v) is 5.90. The van der Waals surface area contributed by atoms with Crippen LogP contribution in [0.5, 0.6) is 0 Å². The molecule has 2 N–H and O–H groups in total. The van der Waals surface area contributed by atoms with Crippen molar-refractivity contribution in [2.45, 2.75) is 30.8 Å². The summed E-state index contributed by atoms with van der Waals surface area (Å²) in [5.74, 6) is -0.778. The zero-order valence-corrected chi connectivity index (χ0v) is 13.3. The molecule has 1 aliphatic rings. The summed E-state index contributed by atoms with van der Waals surface area (Å²) in [5.41, 5.74) is 5.76. The highest BCUT2D eigenvalue weighted by atomic mass is 35.5. The Balaban J connectivity index is 2.46. The molecule has 1 aromatic rings. The van der Waals surface area contributed by atoms with E-state index in [-0.39, 0.29) is 34.6 Å². The molecule has 0 amide bonds. The van der Waals surface area contributed by atoms with Crippen LogP contribution in [0.2, 0.25) is 5.02 Å². The van der Waals surface area contributed by atoms with E-state index in [9.17, 15) is 12.8 Å². The molecular weight excluding hydrogens is 319 g/mol. The van der Waals surface area contributed by atoms with Gasteiger partial charge in [-0.2, -0.15) is 4.31 Å². The van der Waals surface area contributed by atoms with Crippen molar-refractivity contribution >= 4 is 21.6 Å². The SMILES string of the molecule is CCC1COCCN1S(=O)(=O)c1cc(F)c(Cl)c(CN)c1. The van der Waals surface area contributed by atoms with Gasteiger partial charge in [-0.15, -0.1) is 0 Å². The van der Waals surface area contributed by atoms with Gasteiger partial charge in [0.2, 0.25) is 10.0 Å². The Bertz CT molecular complexity index is 624. The predicted octanol–water partition coefficient (Wildman–Crippen LogP) is 1.74. The Hall–Kier alpha value is -0.730. The molecule has 1 heterocycles. The summed E-state index contributed by atoms with van der Waals surface area (Å²) in [6.45, 7) is 2.78. The highest BCUT2D eigenvalue weighted by molar-refractivity contribution is 7.89. The maximum absolute atomic E-state index is 13.8. The third-order valence-electron chi connectivity index (χ3n) is 3.55. The number of rotatable bonds is 4. The fourth-order valence-electron chi connectivity index (χ4n) is 2.33. The molecule has 5 nitrogen and oxygen atoms in total. The van der Waals surface area contributed by atoms with Crippen molar-refractivity contribution in [3.05, 3.63) is 28.5 Å². The zero-order chi connectivity index (χ0) is 15.6. The number of nitrogens with two attached hydrogens (primary N) is 1. The van der Waals surface area contributed by atoms with Gasteiger partial charge in [0.05, 0.1) is 23.1 Å². The van der Waals surface area contributed by atoms with Crippen LogP contribution in [0.3, 0.4) is 0 Å². The second-order valence-electron chi connectivity index (χ2n) is 4.84. The van der Waals surface area contributed by atoms with E-state index < -0.39 is 15.8 Å². The van der Waals surface area contributed by atoms with E-state index in [1.165, 1.54) is 10.4 Å². The lowest BCUT2D eigenvalue weighted by molar-refractivity contribution is 0.0314. The summed E-state index contributed by atoms with van der Waals surface area (Å²) >= 11 is 5.77. The minimum atomic E-state index is -3.80. The minimum Gasteiger partial charge on any atom is -0.378 e. The van der Waals surface area contributed by atoms with Gasteiger partial charge in [0, 0.05) is 19.1 Å². The predicted molar refractivity (Wildman–Crippen MR) is 78.1 cm³/mol. The summed E-state index contributed by atoms with van der Waals surface area (Å²) in [4.78, 5) is -0.120. The van der Waals surface area contributed by atoms with Crippen LogP contribution in [0.15, 0.2) is 17.0 Å². The maximum Gasteiger partial charge on any atom is 0.243 e. The number of benzene rings is 1. The van der Waals surface area contributed by atoms with Gasteiger partial charge in [-0.25, -0.2) is 12.8 Å². The van der Waals surface area contributed by atoms with Gasteiger partial charge >= 0.3 is 0 Å². The van der Waals surface area contributed by atoms with E-state index >= 15 is 0 Å². The van der Waals surface area contributed by atoms with Gasteiger partial charge in [-0.3, -0.25) is 0 Å². The van der Waals surface area contributed by atoms with Gasteiger partial charge in [0.15, 0.2) is 0 Å². The van der Waals surface area contributed by atoms with Crippen molar-refractivity contribution in [1.29, 1.82) is 0 Å². The molecule has 8 heteroatoms. The minimum absolute atomic E-state index is 0.0283. The summed E-state index contributed by atoms with van der Waals surface area (Å²) in [5, 5.41) is -0.134. The highest BCUT2D eigenvalue weighted by Gasteiger charge is 2.33. The first kappa shape index (κ1) is 16.6. The van der Waals surface area contributed by atoms with Gasteiger partial charge < -0.3 is 10.5 Å². The fraction of sp³-hybridized carbons (Fsp3) is 0.538. The van der Waals surface area contributed by atoms with Gasteiger partial charge in [-0.1, -0.05) is 18.5 Å². The summed E-state index contributed by atoms with van der Waals surface area (Å²) < 4.78 is 45.9. The molecule has 0 aliphatic carbocycles. The molecule has 0 bridgehead atoms. The Morgan fingerprint density at radius 3 is 2.86 bits per heavy atom. The summed E-state index contributed by atoms with van der Waals surface area (Å²) in [7, 11) is -3.80. The number of nitrogens with zero attached hydrogens (tertiary/aromatic N) is 1. The summed E-state index contributed by atoms with van der Waals surface area (Å²) in [6, 6.07) is 2.03. The van der Waals surface area contributed by atoms with Crippen LogP contribution < -0.4 is 5.73 Å². The van der Waals surface area contributed by atoms with Crippen LogP contribution in [0.1, 0.15) is 18.9 Å². The average Bonchev–Trinajstić information content (AvgIpc) is 2.49. The summed E-state index contributed by atoms with van der Waals surface area (Å²) in [6.07, 6.45) is 0.624. The second-order valence-corrected chi connectivity index (χ2v) is 7.10. The lowest BCUT2D eigenvalue weighted by Gasteiger charge is -2.34. The van der Waals surface area contributed by atoms with Gasteiger partial charge in [0.1, 0.15) is 5.82 Å². The van der Waals surface area contributed by atoms with Crippen LogP contribution in [0.25, 0.3) is 0 Å². The van der Waals surface area contributed by atoms with Crippen LogP contribution >= 0.6 is 11.6 Å². The van der Waals surface area contributed by atoms with Crippen LogP contribution in [-0.4, -0.2) is 38.5 Å². The molecule has 1 aromatic carbocycles. The molecule has 1 aliphatic heterocycles. The molecular formula is C13H18ClFN2O3S. The first-order chi connectivity index (χ1) is 9.91. The van der Waals surface area contributed by atoms with E-state index in [0.29, 0.717) is 19.6 Å². The zero-order valence-electron chi connectivity index (χ0n) is 11.7. The van der Waals surface area contributed by atoms with Crippen molar-refractivity contribution in [2.24, 2.45) is 5.73 Å². The Morgan fingerprint density at radius 2 is 2.24 bits per heavy atom. The first-order valence-electron chi connectivity index (χ1n) is 6.69. The fourth-order valence-corrected chi connectivity index (χ4v) is 4.25. The van der Waals surface area contributed by atoms with Crippen molar-refractivity contribution < 1.29 is 17.5 Å². The lowest BCUT2D eigenvalue weighted by Crippen LogP contribution is -2.48. The van der Waals surface area contributed by atoms with Crippen molar-refractivity contribution in [1.82, 2.24) is 4.31 Å². The molecule has 0 aromatic heterocycles. The quantitative estimate of drug-likeness (QED) is 0.909. The van der Waals surface area contributed by atoms with Crippen LogP contribution in [-0.2, 0) is 21.3 Å². The number of ether oxygens (including phenoxy) is 1. The number of hydrogen-bond donors (Lipinski definition) is 1. The molecule has 0 spiro atoms. The van der Waals surface area contributed by atoms with Gasteiger partial charge in [-0.05, 0) is 24.1 Å².